The fourth-order valence-electron chi connectivity index (χ4n) is 1.90. The average Bonchev–Trinajstić information content (AvgIpc) is 2.58. The topological polar surface area (TPSA) is 72.9 Å². The van der Waals surface area contributed by atoms with Crippen molar-refractivity contribution in [2.75, 3.05) is 7.11 Å². The smallest absolute Gasteiger partial charge is 0.335 e. The lowest BCUT2D eigenvalue weighted by atomic mass is 9.93. The monoisotopic (exact) mass is 241 g/mol. The summed E-state index contributed by atoms with van der Waals surface area (Å²) < 4.78 is 4.68. The van der Waals surface area contributed by atoms with Gasteiger partial charge in [0.05, 0.1) is 7.11 Å². The molecule has 0 aromatic heterocycles. The van der Waals surface area contributed by atoms with Crippen LogP contribution in [0.2, 0.25) is 0 Å². The summed E-state index contributed by atoms with van der Waals surface area (Å²) in [6, 6.07) is 0. The largest absolute Gasteiger partial charge is 0.467 e. The fourth-order valence-corrected chi connectivity index (χ4v) is 1.90. The van der Waals surface area contributed by atoms with Crippen molar-refractivity contribution in [2.24, 2.45) is 0 Å². The van der Waals surface area contributed by atoms with Crippen molar-refractivity contribution in [2.45, 2.75) is 31.7 Å². The summed E-state index contributed by atoms with van der Waals surface area (Å²) in [5, 5.41) is 0.822. The van der Waals surface area contributed by atoms with Crippen molar-refractivity contribution in [3.05, 3.63) is 12.7 Å². The molecule has 94 valence electrons. The molecule has 1 aliphatic rings. The number of rotatable bonds is 4. The number of carbonyl (C=O) groups excluding carboxylic acids is 3. The number of ether oxygens (including phenoxy) is 1. The van der Waals surface area contributed by atoms with Crippen LogP contribution in [0, 0.1) is 0 Å². The second-order valence-corrected chi connectivity index (χ2v) is 3.79. The van der Waals surface area contributed by atoms with E-state index >= 15 is 0 Å². The average molecular weight is 241 g/mol. The van der Waals surface area contributed by atoms with E-state index in [0.717, 1.165) is 5.06 Å². The van der Waals surface area contributed by atoms with Crippen LogP contribution in [0.3, 0.4) is 0 Å². The number of esters is 1. The summed E-state index contributed by atoms with van der Waals surface area (Å²) in [6.45, 7) is 4.71. The van der Waals surface area contributed by atoms with Crippen LogP contribution < -0.4 is 0 Å². The molecule has 6 heteroatoms. The number of nitrogens with zero attached hydrogens (tertiary/aromatic N) is 1. The number of hydrogen-bond acceptors (Lipinski definition) is 5. The maximum Gasteiger partial charge on any atom is 0.335 e. The summed E-state index contributed by atoms with van der Waals surface area (Å²) in [5.41, 5.74) is -1.26. The van der Waals surface area contributed by atoms with Gasteiger partial charge in [0, 0.05) is 19.8 Å². The van der Waals surface area contributed by atoms with Gasteiger partial charge in [0.2, 0.25) is 0 Å². The van der Waals surface area contributed by atoms with E-state index in [1.807, 2.05) is 0 Å². The standard InChI is InChI=1S/C11H15NO5/c1-4-6-11(10(15)16-3)7-5-9(14)12(11)17-8(2)13/h4H,1,5-7H2,2-3H3. The maximum atomic E-state index is 11.8. The molecule has 1 atom stereocenters. The van der Waals surface area contributed by atoms with Crippen LogP contribution in [0.15, 0.2) is 12.7 Å². The molecule has 1 aliphatic heterocycles. The Bertz CT molecular complexity index is 365. The molecule has 6 nitrogen and oxygen atoms in total. The van der Waals surface area contributed by atoms with Gasteiger partial charge < -0.3 is 9.57 Å². The molecule has 1 amide bonds. The number of hydrogen-bond donors (Lipinski definition) is 0. The molecule has 1 fully saturated rings. The lowest BCUT2D eigenvalue weighted by molar-refractivity contribution is -0.217. The van der Waals surface area contributed by atoms with Crippen molar-refractivity contribution >= 4 is 17.8 Å². The van der Waals surface area contributed by atoms with Gasteiger partial charge in [-0.15, -0.1) is 6.58 Å². The van der Waals surface area contributed by atoms with E-state index in [1.54, 1.807) is 0 Å². The van der Waals surface area contributed by atoms with E-state index in [2.05, 4.69) is 11.3 Å². The first-order valence-corrected chi connectivity index (χ1v) is 5.19. The Kier molecular flexibility index (Phi) is 3.88. The lowest BCUT2D eigenvalue weighted by Crippen LogP contribution is -2.52. The van der Waals surface area contributed by atoms with Gasteiger partial charge in [0.25, 0.3) is 5.91 Å². The minimum Gasteiger partial charge on any atom is -0.467 e. The molecule has 1 unspecified atom stereocenters. The predicted octanol–water partition coefficient (Wildman–Crippen LogP) is 0.575. The lowest BCUT2D eigenvalue weighted by Gasteiger charge is -2.32. The van der Waals surface area contributed by atoms with Gasteiger partial charge in [0.1, 0.15) is 0 Å². The highest BCUT2D eigenvalue weighted by atomic mass is 16.7. The van der Waals surface area contributed by atoms with Gasteiger partial charge >= 0.3 is 11.9 Å². The zero-order chi connectivity index (χ0) is 13.1. The SMILES string of the molecule is C=CCC1(C(=O)OC)CCC(=O)N1OC(C)=O. The molecule has 1 saturated heterocycles. The first kappa shape index (κ1) is 13.2. The van der Waals surface area contributed by atoms with Crippen molar-refractivity contribution in [3.63, 3.8) is 0 Å². The first-order valence-electron chi connectivity index (χ1n) is 5.19. The van der Waals surface area contributed by atoms with Gasteiger partial charge in [-0.25, -0.2) is 4.79 Å². The molecule has 0 aromatic rings. The molecule has 0 saturated carbocycles. The molecule has 0 N–H and O–H groups in total. The molecule has 0 spiro atoms. The zero-order valence-electron chi connectivity index (χ0n) is 9.89. The highest BCUT2D eigenvalue weighted by Crippen LogP contribution is 2.35. The summed E-state index contributed by atoms with van der Waals surface area (Å²) in [7, 11) is 1.22. The summed E-state index contributed by atoms with van der Waals surface area (Å²) in [4.78, 5) is 39.2. The van der Waals surface area contributed by atoms with Gasteiger partial charge in [-0.1, -0.05) is 6.08 Å². The molecular formula is C11H15NO5. The molecule has 1 heterocycles. The van der Waals surface area contributed by atoms with E-state index < -0.39 is 23.4 Å². The van der Waals surface area contributed by atoms with E-state index in [9.17, 15) is 14.4 Å². The van der Waals surface area contributed by atoms with E-state index in [4.69, 9.17) is 4.84 Å². The fraction of sp³-hybridized carbons (Fsp3) is 0.545. The third kappa shape index (κ3) is 2.30. The Morgan fingerprint density at radius 1 is 1.59 bits per heavy atom. The van der Waals surface area contributed by atoms with Crippen molar-refractivity contribution in [1.82, 2.24) is 5.06 Å². The molecule has 0 radical (unpaired) electrons. The van der Waals surface area contributed by atoms with E-state index in [0.29, 0.717) is 0 Å². The van der Waals surface area contributed by atoms with Crippen LogP contribution in [0.1, 0.15) is 26.2 Å². The third-order valence-corrected chi connectivity index (χ3v) is 2.63. The van der Waals surface area contributed by atoms with Crippen LogP contribution in [0.5, 0.6) is 0 Å². The highest BCUT2D eigenvalue weighted by molar-refractivity contribution is 5.92. The van der Waals surface area contributed by atoms with E-state index in [-0.39, 0.29) is 19.3 Å². The van der Waals surface area contributed by atoms with Gasteiger partial charge in [0.15, 0.2) is 5.54 Å². The van der Waals surface area contributed by atoms with Crippen LogP contribution in [-0.2, 0) is 24.0 Å². The maximum absolute atomic E-state index is 11.8. The van der Waals surface area contributed by atoms with Crippen LogP contribution in [0.25, 0.3) is 0 Å². The summed E-state index contributed by atoms with van der Waals surface area (Å²) in [5.74, 6) is -1.67. The second kappa shape index (κ2) is 4.99. The molecular weight excluding hydrogens is 226 g/mol. The molecule has 1 rings (SSSR count). The Hall–Kier alpha value is -1.85. The molecule has 17 heavy (non-hydrogen) atoms. The van der Waals surface area contributed by atoms with Crippen molar-refractivity contribution in [1.29, 1.82) is 0 Å². The Morgan fingerprint density at radius 3 is 2.71 bits per heavy atom. The van der Waals surface area contributed by atoms with E-state index in [1.165, 1.54) is 20.1 Å². The molecule has 0 aromatic carbocycles. The van der Waals surface area contributed by atoms with Crippen molar-refractivity contribution in [3.8, 4) is 0 Å². The number of amides is 1. The van der Waals surface area contributed by atoms with Crippen LogP contribution >= 0.6 is 0 Å². The minimum absolute atomic E-state index is 0.135. The zero-order valence-corrected chi connectivity index (χ0v) is 9.89. The van der Waals surface area contributed by atoms with Gasteiger partial charge in [-0.2, -0.15) is 5.06 Å². The number of methoxy groups -OCH3 is 1. The quantitative estimate of drug-likeness (QED) is 0.531. The summed E-state index contributed by atoms with van der Waals surface area (Å²) >= 11 is 0. The predicted molar refractivity (Wildman–Crippen MR) is 57.4 cm³/mol. The summed E-state index contributed by atoms with van der Waals surface area (Å²) in [6.07, 6.45) is 2.05. The Morgan fingerprint density at radius 2 is 2.24 bits per heavy atom. The first-order chi connectivity index (χ1) is 7.97. The minimum atomic E-state index is -1.26. The second-order valence-electron chi connectivity index (χ2n) is 3.79. The Balaban J connectivity index is 3.09. The third-order valence-electron chi connectivity index (χ3n) is 2.63. The molecule has 0 bridgehead atoms. The Labute approximate surface area is 99.1 Å². The van der Waals surface area contributed by atoms with Crippen molar-refractivity contribution < 1.29 is 24.0 Å². The number of hydroxylamine groups is 2. The number of carbonyl (C=O) groups is 3. The van der Waals surface area contributed by atoms with Crippen LogP contribution in [0.4, 0.5) is 0 Å². The van der Waals surface area contributed by atoms with Crippen LogP contribution in [-0.4, -0.2) is 35.6 Å². The highest BCUT2D eigenvalue weighted by Gasteiger charge is 2.54. The normalized spacial score (nSPS) is 23.4. The van der Waals surface area contributed by atoms with Gasteiger partial charge in [-0.3, -0.25) is 9.59 Å². The molecule has 0 aliphatic carbocycles. The van der Waals surface area contributed by atoms with Gasteiger partial charge in [-0.05, 0) is 6.42 Å².